The van der Waals surface area contributed by atoms with Gasteiger partial charge in [0.15, 0.2) is 0 Å². The van der Waals surface area contributed by atoms with E-state index in [-0.39, 0.29) is 6.61 Å². The molecule has 0 aliphatic carbocycles. The summed E-state index contributed by atoms with van der Waals surface area (Å²) in [6, 6.07) is 19.6. The van der Waals surface area contributed by atoms with E-state index >= 15 is 0 Å². The molecular formula is C21H16Cl2N4O. The molecule has 0 radical (unpaired) electrons. The van der Waals surface area contributed by atoms with E-state index < -0.39 is 0 Å². The SMILES string of the molecule is Clc1ccc(CO/N=C(\Cn2cncn2)c2ccc3ccccc3c2)c(Cl)c1. The lowest BCUT2D eigenvalue weighted by atomic mass is 10.0. The predicted molar refractivity (Wildman–Crippen MR) is 112 cm³/mol. The molecule has 3 aromatic carbocycles. The summed E-state index contributed by atoms with van der Waals surface area (Å²) >= 11 is 12.1. The lowest BCUT2D eigenvalue weighted by Crippen LogP contribution is -2.13. The first-order valence-electron chi connectivity index (χ1n) is 8.63. The number of aromatic nitrogens is 3. The highest BCUT2D eigenvalue weighted by Gasteiger charge is 2.09. The molecule has 0 atom stereocenters. The number of rotatable bonds is 6. The zero-order valence-corrected chi connectivity index (χ0v) is 16.3. The van der Waals surface area contributed by atoms with Crippen LogP contribution in [0.2, 0.25) is 10.0 Å². The van der Waals surface area contributed by atoms with Crippen LogP contribution >= 0.6 is 23.2 Å². The van der Waals surface area contributed by atoms with Gasteiger partial charge >= 0.3 is 0 Å². The number of fused-ring (bicyclic) bond motifs is 1. The normalized spacial score (nSPS) is 11.7. The van der Waals surface area contributed by atoms with E-state index in [1.165, 1.54) is 11.7 Å². The summed E-state index contributed by atoms with van der Waals surface area (Å²) in [5, 5.41) is 12.0. The highest BCUT2D eigenvalue weighted by molar-refractivity contribution is 6.35. The molecule has 0 aliphatic rings. The van der Waals surface area contributed by atoms with Gasteiger partial charge in [-0.3, -0.25) is 0 Å². The highest BCUT2D eigenvalue weighted by atomic mass is 35.5. The van der Waals surface area contributed by atoms with Gasteiger partial charge in [-0.2, -0.15) is 5.10 Å². The van der Waals surface area contributed by atoms with Crippen molar-refractivity contribution in [2.75, 3.05) is 0 Å². The fraction of sp³-hybridized carbons (Fsp3) is 0.0952. The van der Waals surface area contributed by atoms with Crippen LogP contribution < -0.4 is 0 Å². The molecule has 0 amide bonds. The zero-order valence-electron chi connectivity index (χ0n) is 14.8. The average Bonchev–Trinajstić information content (AvgIpc) is 3.21. The van der Waals surface area contributed by atoms with Crippen LogP contribution in [0.4, 0.5) is 0 Å². The third-order valence-corrected chi connectivity index (χ3v) is 4.86. The van der Waals surface area contributed by atoms with Crippen LogP contribution in [0.15, 0.2) is 78.5 Å². The first-order chi connectivity index (χ1) is 13.7. The Hall–Kier alpha value is -2.89. The number of hydrogen-bond donors (Lipinski definition) is 0. The van der Waals surface area contributed by atoms with Crippen molar-refractivity contribution >= 4 is 39.7 Å². The first-order valence-corrected chi connectivity index (χ1v) is 9.39. The predicted octanol–water partition coefficient (Wildman–Crippen LogP) is 5.36. The summed E-state index contributed by atoms with van der Waals surface area (Å²) < 4.78 is 1.70. The second kappa shape index (κ2) is 8.42. The molecule has 0 bridgehead atoms. The molecule has 0 saturated heterocycles. The van der Waals surface area contributed by atoms with Crippen LogP contribution in [0.5, 0.6) is 0 Å². The van der Waals surface area contributed by atoms with Crippen LogP contribution in [0, 0.1) is 0 Å². The zero-order chi connectivity index (χ0) is 19.3. The van der Waals surface area contributed by atoms with E-state index in [0.717, 1.165) is 22.2 Å². The summed E-state index contributed by atoms with van der Waals surface area (Å²) in [6.45, 7) is 0.678. The Kier molecular flexibility index (Phi) is 5.55. The van der Waals surface area contributed by atoms with Gasteiger partial charge in [-0.25, -0.2) is 9.67 Å². The quantitative estimate of drug-likeness (QED) is 0.317. The minimum absolute atomic E-state index is 0.241. The minimum atomic E-state index is 0.241. The molecule has 0 unspecified atom stereocenters. The summed E-state index contributed by atoms with van der Waals surface area (Å²) in [7, 11) is 0. The monoisotopic (exact) mass is 410 g/mol. The van der Waals surface area contributed by atoms with Crippen LogP contribution in [-0.4, -0.2) is 20.5 Å². The van der Waals surface area contributed by atoms with Crippen molar-refractivity contribution in [1.82, 2.24) is 14.8 Å². The van der Waals surface area contributed by atoms with E-state index in [1.54, 1.807) is 23.1 Å². The summed E-state index contributed by atoms with van der Waals surface area (Å²) in [5.41, 5.74) is 2.51. The molecule has 1 heterocycles. The van der Waals surface area contributed by atoms with Gasteiger partial charge in [0.2, 0.25) is 0 Å². The highest BCUT2D eigenvalue weighted by Crippen LogP contribution is 2.22. The van der Waals surface area contributed by atoms with Gasteiger partial charge < -0.3 is 4.84 Å². The van der Waals surface area contributed by atoms with E-state index in [9.17, 15) is 0 Å². The van der Waals surface area contributed by atoms with Gasteiger partial charge in [-0.15, -0.1) is 0 Å². The van der Waals surface area contributed by atoms with Crippen molar-refractivity contribution in [3.8, 4) is 0 Å². The van der Waals surface area contributed by atoms with Gasteiger partial charge in [-0.05, 0) is 29.0 Å². The fourth-order valence-corrected chi connectivity index (χ4v) is 3.29. The summed E-state index contributed by atoms with van der Waals surface area (Å²) in [6.07, 6.45) is 3.14. The maximum atomic E-state index is 6.21. The topological polar surface area (TPSA) is 52.3 Å². The molecular weight excluding hydrogens is 395 g/mol. The third-order valence-electron chi connectivity index (χ3n) is 4.27. The van der Waals surface area contributed by atoms with E-state index in [4.69, 9.17) is 28.0 Å². The second-order valence-electron chi connectivity index (χ2n) is 6.20. The average molecular weight is 411 g/mol. The van der Waals surface area contributed by atoms with Crippen molar-refractivity contribution in [1.29, 1.82) is 0 Å². The second-order valence-corrected chi connectivity index (χ2v) is 7.05. The number of nitrogens with zero attached hydrogens (tertiary/aromatic N) is 4. The molecule has 140 valence electrons. The molecule has 0 saturated carbocycles. The molecule has 4 aromatic rings. The third kappa shape index (κ3) is 4.32. The Bertz CT molecular complexity index is 1130. The Balaban J connectivity index is 1.61. The van der Waals surface area contributed by atoms with Crippen molar-refractivity contribution in [2.24, 2.45) is 5.16 Å². The number of hydrogen-bond acceptors (Lipinski definition) is 4. The number of halogens is 2. The Morgan fingerprint density at radius 2 is 1.86 bits per heavy atom. The van der Waals surface area contributed by atoms with Gasteiger partial charge in [-0.1, -0.05) is 70.8 Å². The fourth-order valence-electron chi connectivity index (χ4n) is 2.83. The molecule has 5 nitrogen and oxygen atoms in total. The summed E-state index contributed by atoms with van der Waals surface area (Å²) in [5.74, 6) is 0. The maximum Gasteiger partial charge on any atom is 0.143 e. The van der Waals surface area contributed by atoms with Crippen LogP contribution in [0.25, 0.3) is 10.8 Å². The van der Waals surface area contributed by atoms with E-state index in [2.05, 4.69) is 39.5 Å². The van der Waals surface area contributed by atoms with E-state index in [1.807, 2.05) is 24.3 Å². The van der Waals surface area contributed by atoms with Crippen LogP contribution in [0.1, 0.15) is 11.1 Å². The molecule has 1 aromatic heterocycles. The maximum absolute atomic E-state index is 6.21. The Labute approximate surface area is 172 Å². The number of benzene rings is 3. The Morgan fingerprint density at radius 3 is 2.64 bits per heavy atom. The lowest BCUT2D eigenvalue weighted by Gasteiger charge is -2.09. The minimum Gasteiger partial charge on any atom is -0.391 e. The Morgan fingerprint density at radius 1 is 1.00 bits per heavy atom. The molecule has 4 rings (SSSR count). The molecule has 28 heavy (non-hydrogen) atoms. The van der Waals surface area contributed by atoms with Crippen molar-refractivity contribution in [3.05, 3.63) is 94.5 Å². The van der Waals surface area contributed by atoms with Crippen molar-refractivity contribution in [3.63, 3.8) is 0 Å². The summed E-state index contributed by atoms with van der Waals surface area (Å²) in [4.78, 5) is 9.61. The van der Waals surface area contributed by atoms with Gasteiger partial charge in [0.1, 0.15) is 25.0 Å². The van der Waals surface area contributed by atoms with Crippen molar-refractivity contribution < 1.29 is 4.84 Å². The van der Waals surface area contributed by atoms with Gasteiger partial charge in [0.25, 0.3) is 0 Å². The van der Waals surface area contributed by atoms with Gasteiger partial charge in [0, 0.05) is 21.2 Å². The first kappa shape index (κ1) is 18.5. The smallest absolute Gasteiger partial charge is 0.143 e. The van der Waals surface area contributed by atoms with Crippen molar-refractivity contribution in [2.45, 2.75) is 13.2 Å². The molecule has 7 heteroatoms. The lowest BCUT2D eigenvalue weighted by molar-refractivity contribution is 0.130. The molecule has 0 fully saturated rings. The molecule has 0 aliphatic heterocycles. The molecule has 0 N–H and O–H groups in total. The van der Waals surface area contributed by atoms with Crippen LogP contribution in [0.3, 0.4) is 0 Å². The number of oxime groups is 1. The molecule has 0 spiro atoms. The largest absolute Gasteiger partial charge is 0.391 e. The van der Waals surface area contributed by atoms with E-state index in [0.29, 0.717) is 16.6 Å². The van der Waals surface area contributed by atoms with Crippen LogP contribution in [-0.2, 0) is 18.0 Å². The standard InChI is InChI=1S/C21H16Cl2N4O/c22-19-8-7-18(20(23)10-19)12-28-26-21(11-27-14-24-13-25-27)17-6-5-15-3-1-2-4-16(15)9-17/h1-10,13-14H,11-12H2/b26-21+. The van der Waals surface area contributed by atoms with Gasteiger partial charge in [0.05, 0.1) is 6.54 Å².